The van der Waals surface area contributed by atoms with Gasteiger partial charge in [-0.05, 0) is 36.6 Å². The fourth-order valence-corrected chi connectivity index (χ4v) is 2.87. The van der Waals surface area contributed by atoms with Crippen LogP contribution in [0.15, 0.2) is 22.7 Å². The fraction of sp³-hybridized carbons (Fsp3) is 0.500. The van der Waals surface area contributed by atoms with E-state index in [1.165, 1.54) is 12.1 Å². The first kappa shape index (κ1) is 15.4. The molecule has 2 rings (SSSR count). The Hall–Kier alpha value is -0.980. The predicted molar refractivity (Wildman–Crippen MR) is 79.3 cm³/mol. The van der Waals surface area contributed by atoms with Gasteiger partial charge < -0.3 is 5.32 Å². The van der Waals surface area contributed by atoms with Gasteiger partial charge in [-0.2, -0.15) is 0 Å². The van der Waals surface area contributed by atoms with Gasteiger partial charge in [0.25, 0.3) is 0 Å². The van der Waals surface area contributed by atoms with Crippen LogP contribution >= 0.6 is 15.9 Å². The van der Waals surface area contributed by atoms with Gasteiger partial charge in [-0.15, -0.1) is 0 Å². The Morgan fingerprint density at radius 1 is 1.45 bits per heavy atom. The lowest BCUT2D eigenvalue weighted by atomic mass is 10.1. The Kier molecular flexibility index (Phi) is 5.51. The number of rotatable bonds is 5. The highest BCUT2D eigenvalue weighted by Crippen LogP contribution is 2.15. The third-order valence-electron chi connectivity index (χ3n) is 3.32. The molecule has 1 saturated heterocycles. The summed E-state index contributed by atoms with van der Waals surface area (Å²) in [5, 5.41) is 2.83. The molecule has 1 aliphatic heterocycles. The lowest BCUT2D eigenvalue weighted by Crippen LogP contribution is -2.43. The molecule has 2 unspecified atom stereocenters. The molecule has 0 spiro atoms. The zero-order chi connectivity index (χ0) is 14.5. The highest BCUT2D eigenvalue weighted by molar-refractivity contribution is 9.10. The minimum Gasteiger partial charge on any atom is -0.351 e. The van der Waals surface area contributed by atoms with Crippen molar-refractivity contribution < 1.29 is 9.18 Å². The van der Waals surface area contributed by atoms with Gasteiger partial charge in [-0.3, -0.25) is 10.2 Å². The van der Waals surface area contributed by atoms with Crippen LogP contribution in [-0.2, 0) is 11.3 Å². The third-order valence-corrected chi connectivity index (χ3v) is 3.78. The molecule has 3 N–H and O–H groups in total. The van der Waals surface area contributed by atoms with Crippen molar-refractivity contribution in [3.63, 3.8) is 0 Å². The molecule has 4 nitrogen and oxygen atoms in total. The SMILES string of the molecule is CCCC1CC(C(=O)NCc2cc(F)cc(Br)c2)NN1. The molecular formula is C14H19BrFN3O. The van der Waals surface area contributed by atoms with E-state index in [0.717, 1.165) is 24.8 Å². The molecule has 1 fully saturated rings. The van der Waals surface area contributed by atoms with E-state index in [9.17, 15) is 9.18 Å². The van der Waals surface area contributed by atoms with E-state index >= 15 is 0 Å². The summed E-state index contributed by atoms with van der Waals surface area (Å²) in [4.78, 5) is 12.0. The molecular weight excluding hydrogens is 325 g/mol. The predicted octanol–water partition coefficient (Wildman–Crippen LogP) is 2.24. The summed E-state index contributed by atoms with van der Waals surface area (Å²) >= 11 is 3.24. The van der Waals surface area contributed by atoms with Crippen molar-refractivity contribution >= 4 is 21.8 Å². The van der Waals surface area contributed by atoms with Gasteiger partial charge in [0.05, 0.1) is 0 Å². The normalized spacial score (nSPS) is 21.9. The highest BCUT2D eigenvalue weighted by Gasteiger charge is 2.28. The van der Waals surface area contributed by atoms with E-state index in [2.05, 4.69) is 39.0 Å². The minimum absolute atomic E-state index is 0.0588. The molecule has 0 saturated carbocycles. The van der Waals surface area contributed by atoms with E-state index in [-0.39, 0.29) is 17.8 Å². The van der Waals surface area contributed by atoms with Crippen molar-refractivity contribution in [2.24, 2.45) is 0 Å². The third kappa shape index (κ3) is 4.26. The van der Waals surface area contributed by atoms with Crippen LogP contribution in [0.1, 0.15) is 31.7 Å². The molecule has 110 valence electrons. The lowest BCUT2D eigenvalue weighted by molar-refractivity contribution is -0.123. The Balaban J connectivity index is 1.83. The fourth-order valence-electron chi connectivity index (χ4n) is 2.36. The van der Waals surface area contributed by atoms with Crippen molar-refractivity contribution in [2.75, 3.05) is 0 Å². The molecule has 20 heavy (non-hydrogen) atoms. The number of nitrogens with one attached hydrogen (secondary N) is 3. The molecule has 1 amide bonds. The summed E-state index contributed by atoms with van der Waals surface area (Å²) in [7, 11) is 0. The van der Waals surface area contributed by atoms with Crippen LogP contribution in [0, 0.1) is 5.82 Å². The van der Waals surface area contributed by atoms with Gasteiger partial charge >= 0.3 is 0 Å². The number of benzene rings is 1. The second-order valence-electron chi connectivity index (χ2n) is 5.06. The summed E-state index contributed by atoms with van der Waals surface area (Å²) < 4.78 is 13.9. The van der Waals surface area contributed by atoms with Crippen molar-refractivity contribution in [2.45, 2.75) is 44.8 Å². The maximum absolute atomic E-state index is 13.2. The molecule has 1 aliphatic rings. The molecule has 1 aromatic rings. The standard InChI is InChI=1S/C14H19BrFN3O/c1-2-3-12-7-13(19-18-12)14(20)17-8-9-4-10(15)6-11(16)5-9/h4-6,12-13,18-19H,2-3,7-8H2,1H3,(H,17,20). The van der Waals surface area contributed by atoms with Gasteiger partial charge in [-0.25, -0.2) is 9.82 Å². The number of carbonyl (C=O) groups excluding carboxylic acids is 1. The highest BCUT2D eigenvalue weighted by atomic mass is 79.9. The molecule has 1 aromatic carbocycles. The number of hydrazine groups is 1. The average Bonchev–Trinajstić information content (AvgIpc) is 2.84. The van der Waals surface area contributed by atoms with Gasteiger partial charge in [0, 0.05) is 17.1 Å². The first-order valence-electron chi connectivity index (χ1n) is 6.82. The van der Waals surface area contributed by atoms with Crippen LogP contribution in [-0.4, -0.2) is 18.0 Å². The summed E-state index contributed by atoms with van der Waals surface area (Å²) in [5.74, 6) is -0.372. The van der Waals surface area contributed by atoms with Crippen LogP contribution in [0.4, 0.5) is 4.39 Å². The number of halogens is 2. The maximum Gasteiger partial charge on any atom is 0.238 e. The van der Waals surface area contributed by atoms with E-state index < -0.39 is 0 Å². The summed E-state index contributed by atoms with van der Waals surface area (Å²) in [6.07, 6.45) is 2.92. The monoisotopic (exact) mass is 343 g/mol. The lowest BCUT2D eigenvalue weighted by Gasteiger charge is -2.11. The van der Waals surface area contributed by atoms with Gasteiger partial charge in [0.2, 0.25) is 5.91 Å². The van der Waals surface area contributed by atoms with Crippen molar-refractivity contribution in [3.8, 4) is 0 Å². The number of carbonyl (C=O) groups is 1. The summed E-state index contributed by atoms with van der Waals surface area (Å²) in [6, 6.07) is 4.74. The molecule has 0 aliphatic carbocycles. The summed E-state index contributed by atoms with van der Waals surface area (Å²) in [6.45, 7) is 2.45. The van der Waals surface area contributed by atoms with E-state index in [1.807, 2.05) is 0 Å². The van der Waals surface area contributed by atoms with Crippen LogP contribution < -0.4 is 16.2 Å². The largest absolute Gasteiger partial charge is 0.351 e. The quantitative estimate of drug-likeness (QED) is 0.768. The second kappa shape index (κ2) is 7.15. The van der Waals surface area contributed by atoms with Gasteiger partial charge in [-0.1, -0.05) is 29.3 Å². The smallest absolute Gasteiger partial charge is 0.238 e. The second-order valence-corrected chi connectivity index (χ2v) is 5.97. The van der Waals surface area contributed by atoms with Crippen molar-refractivity contribution in [1.29, 1.82) is 0 Å². The van der Waals surface area contributed by atoms with Gasteiger partial charge in [0.1, 0.15) is 11.9 Å². The first-order chi connectivity index (χ1) is 9.58. The topological polar surface area (TPSA) is 53.2 Å². The minimum atomic E-state index is -0.313. The Bertz CT molecular complexity index is 463. The molecule has 0 bridgehead atoms. The molecule has 2 atom stereocenters. The zero-order valence-electron chi connectivity index (χ0n) is 11.4. The van der Waals surface area contributed by atoms with Crippen molar-refractivity contribution in [1.82, 2.24) is 16.2 Å². The van der Waals surface area contributed by atoms with E-state index in [4.69, 9.17) is 0 Å². The molecule has 0 radical (unpaired) electrons. The Labute approximate surface area is 126 Å². The number of amides is 1. The Morgan fingerprint density at radius 2 is 2.25 bits per heavy atom. The summed E-state index contributed by atoms with van der Waals surface area (Å²) in [5.41, 5.74) is 6.87. The van der Waals surface area contributed by atoms with Crippen LogP contribution in [0.5, 0.6) is 0 Å². The van der Waals surface area contributed by atoms with E-state index in [0.29, 0.717) is 17.1 Å². The molecule has 6 heteroatoms. The van der Waals surface area contributed by atoms with Gasteiger partial charge in [0.15, 0.2) is 0 Å². The van der Waals surface area contributed by atoms with Crippen LogP contribution in [0.25, 0.3) is 0 Å². The number of hydrogen-bond donors (Lipinski definition) is 3. The first-order valence-corrected chi connectivity index (χ1v) is 7.61. The maximum atomic E-state index is 13.2. The average molecular weight is 344 g/mol. The molecule has 0 aromatic heterocycles. The van der Waals surface area contributed by atoms with Crippen LogP contribution in [0.3, 0.4) is 0 Å². The Morgan fingerprint density at radius 3 is 2.95 bits per heavy atom. The van der Waals surface area contributed by atoms with Crippen molar-refractivity contribution in [3.05, 3.63) is 34.1 Å². The molecule has 1 heterocycles. The zero-order valence-corrected chi connectivity index (χ0v) is 13.0. The number of hydrogen-bond acceptors (Lipinski definition) is 3. The van der Waals surface area contributed by atoms with Crippen LogP contribution in [0.2, 0.25) is 0 Å². The van der Waals surface area contributed by atoms with E-state index in [1.54, 1.807) is 6.07 Å².